The quantitative estimate of drug-likeness (QED) is 0.433. The average Bonchev–Trinajstić information content (AvgIpc) is 3.06. The van der Waals surface area contributed by atoms with Crippen LogP contribution in [0.3, 0.4) is 0 Å². The molecule has 1 aromatic carbocycles. The smallest absolute Gasteiger partial charge is 0.275 e. The molecule has 0 aliphatic rings. The monoisotopic (exact) mass is 349 g/mol. The minimum atomic E-state index is -0.248. The number of carbonyl (C=O) groups excluding carboxylic acids is 1. The Bertz CT molecular complexity index is 778. The highest BCUT2D eigenvalue weighted by molar-refractivity contribution is 9.10. The van der Waals surface area contributed by atoms with Crippen LogP contribution in [-0.2, 0) is 6.54 Å². The van der Waals surface area contributed by atoms with Gasteiger partial charge in [0.25, 0.3) is 5.91 Å². The van der Waals surface area contributed by atoms with Gasteiger partial charge in [0.1, 0.15) is 0 Å². The Kier molecular flexibility index (Phi) is 3.60. The van der Waals surface area contributed by atoms with Crippen LogP contribution in [0.15, 0.2) is 47.1 Å². The molecule has 0 saturated heterocycles. The predicted molar refractivity (Wildman–Crippen MR) is 84.7 cm³/mol. The van der Waals surface area contributed by atoms with Crippen LogP contribution in [0.5, 0.6) is 0 Å². The van der Waals surface area contributed by atoms with Crippen molar-refractivity contribution < 1.29 is 4.79 Å². The third-order valence-corrected chi connectivity index (χ3v) is 4.64. The fraction of sp³-hybridized carbons (Fsp3) is 0.0714. The SMILES string of the molecule is NNC(=O)c1ccc(Cn2ccc3cc(Br)ccc32)s1. The van der Waals surface area contributed by atoms with Crippen molar-refractivity contribution in [1.29, 1.82) is 0 Å². The second-order valence-corrected chi connectivity index (χ2v) is 6.47. The number of amides is 1. The van der Waals surface area contributed by atoms with Crippen LogP contribution in [0.25, 0.3) is 10.9 Å². The molecule has 0 unspecified atom stereocenters. The second-order valence-electron chi connectivity index (χ2n) is 4.39. The van der Waals surface area contributed by atoms with Crippen LogP contribution in [0, 0.1) is 0 Å². The second kappa shape index (κ2) is 5.40. The maximum Gasteiger partial charge on any atom is 0.275 e. The fourth-order valence-electron chi connectivity index (χ4n) is 2.13. The number of nitrogen functional groups attached to an aromatic ring is 1. The molecule has 102 valence electrons. The minimum absolute atomic E-state index is 0.248. The van der Waals surface area contributed by atoms with Gasteiger partial charge in [-0.05, 0) is 36.4 Å². The summed E-state index contributed by atoms with van der Waals surface area (Å²) >= 11 is 4.93. The predicted octanol–water partition coefficient (Wildman–Crippen LogP) is 3.12. The van der Waals surface area contributed by atoms with Gasteiger partial charge in [0.15, 0.2) is 0 Å². The summed E-state index contributed by atoms with van der Waals surface area (Å²) in [5.41, 5.74) is 3.32. The van der Waals surface area contributed by atoms with E-state index < -0.39 is 0 Å². The number of nitrogens with one attached hydrogen (secondary N) is 1. The lowest BCUT2D eigenvalue weighted by Gasteiger charge is -2.03. The van der Waals surface area contributed by atoms with Crippen LogP contribution in [0.2, 0.25) is 0 Å². The summed E-state index contributed by atoms with van der Waals surface area (Å²) in [6.07, 6.45) is 2.06. The number of nitrogens with zero attached hydrogens (tertiary/aromatic N) is 1. The van der Waals surface area contributed by atoms with Gasteiger partial charge < -0.3 is 4.57 Å². The average molecular weight is 350 g/mol. The molecule has 0 aliphatic heterocycles. The highest BCUT2D eigenvalue weighted by atomic mass is 79.9. The molecule has 0 fully saturated rings. The Labute approximate surface area is 128 Å². The van der Waals surface area contributed by atoms with Crippen molar-refractivity contribution >= 4 is 44.1 Å². The molecule has 0 bridgehead atoms. The summed E-state index contributed by atoms with van der Waals surface area (Å²) < 4.78 is 3.23. The Balaban J connectivity index is 1.89. The number of hydrazine groups is 1. The molecular formula is C14H12BrN3OS. The number of aromatic nitrogens is 1. The molecule has 2 heterocycles. The Morgan fingerprint density at radius 3 is 2.95 bits per heavy atom. The molecule has 0 saturated carbocycles. The number of nitrogens with two attached hydrogens (primary N) is 1. The molecular weight excluding hydrogens is 338 g/mol. The Morgan fingerprint density at radius 1 is 1.30 bits per heavy atom. The van der Waals surface area contributed by atoms with Crippen molar-refractivity contribution in [1.82, 2.24) is 9.99 Å². The molecule has 4 nitrogen and oxygen atoms in total. The third kappa shape index (κ3) is 2.49. The molecule has 0 radical (unpaired) electrons. The van der Waals surface area contributed by atoms with Crippen LogP contribution >= 0.6 is 27.3 Å². The van der Waals surface area contributed by atoms with Crippen molar-refractivity contribution in [2.45, 2.75) is 6.54 Å². The first kappa shape index (κ1) is 13.4. The van der Waals surface area contributed by atoms with Crippen molar-refractivity contribution in [3.05, 3.63) is 56.8 Å². The normalized spacial score (nSPS) is 10.9. The molecule has 3 rings (SSSR count). The van der Waals surface area contributed by atoms with Crippen molar-refractivity contribution in [2.24, 2.45) is 5.84 Å². The third-order valence-electron chi connectivity index (χ3n) is 3.08. The first-order chi connectivity index (χ1) is 9.67. The standard InChI is InChI=1S/C14H12BrN3OS/c15-10-1-3-12-9(7-10)5-6-18(12)8-11-2-4-13(20-11)14(19)17-16/h1-7H,8,16H2,(H,17,19). The minimum Gasteiger partial charge on any atom is -0.342 e. The van der Waals surface area contributed by atoms with Crippen molar-refractivity contribution in [3.8, 4) is 0 Å². The Morgan fingerprint density at radius 2 is 2.15 bits per heavy atom. The summed E-state index contributed by atoms with van der Waals surface area (Å²) in [6.45, 7) is 0.744. The largest absolute Gasteiger partial charge is 0.342 e. The first-order valence-electron chi connectivity index (χ1n) is 6.01. The number of thiophene rings is 1. The summed E-state index contributed by atoms with van der Waals surface area (Å²) in [7, 11) is 0. The fourth-order valence-corrected chi connectivity index (χ4v) is 3.42. The van der Waals surface area contributed by atoms with E-state index >= 15 is 0 Å². The van der Waals surface area contributed by atoms with E-state index in [1.54, 1.807) is 6.07 Å². The van der Waals surface area contributed by atoms with E-state index in [0.29, 0.717) is 4.88 Å². The Hall–Kier alpha value is -1.63. The highest BCUT2D eigenvalue weighted by Crippen LogP contribution is 2.23. The number of fused-ring (bicyclic) bond motifs is 1. The summed E-state index contributed by atoms with van der Waals surface area (Å²) in [4.78, 5) is 13.2. The van der Waals surface area contributed by atoms with E-state index in [9.17, 15) is 4.79 Å². The van der Waals surface area contributed by atoms with E-state index in [0.717, 1.165) is 15.9 Å². The molecule has 1 amide bonds. The van der Waals surface area contributed by atoms with Crippen LogP contribution < -0.4 is 11.3 Å². The van der Waals surface area contributed by atoms with Crippen molar-refractivity contribution in [3.63, 3.8) is 0 Å². The zero-order chi connectivity index (χ0) is 14.1. The molecule has 6 heteroatoms. The van der Waals surface area contributed by atoms with Crippen molar-refractivity contribution in [2.75, 3.05) is 0 Å². The summed E-state index contributed by atoms with van der Waals surface area (Å²) in [5, 5.41) is 1.19. The van der Waals surface area contributed by atoms with Crippen LogP contribution in [0.1, 0.15) is 14.5 Å². The van der Waals surface area contributed by atoms with Gasteiger partial charge in [-0.2, -0.15) is 0 Å². The topological polar surface area (TPSA) is 60.0 Å². The van der Waals surface area contributed by atoms with Gasteiger partial charge >= 0.3 is 0 Å². The molecule has 0 atom stereocenters. The highest BCUT2D eigenvalue weighted by Gasteiger charge is 2.09. The zero-order valence-electron chi connectivity index (χ0n) is 10.5. The van der Waals surface area contributed by atoms with Gasteiger partial charge in [-0.3, -0.25) is 10.2 Å². The van der Waals surface area contributed by atoms with Crippen LogP contribution in [-0.4, -0.2) is 10.5 Å². The number of hydrogen-bond acceptors (Lipinski definition) is 3. The number of carbonyl (C=O) groups is 1. The summed E-state index contributed by atoms with van der Waals surface area (Å²) in [6, 6.07) is 12.0. The lowest BCUT2D eigenvalue weighted by Crippen LogP contribution is -2.29. The number of rotatable bonds is 3. The molecule has 2 aromatic heterocycles. The van der Waals surface area contributed by atoms with E-state index in [1.807, 2.05) is 12.1 Å². The van der Waals surface area contributed by atoms with Gasteiger partial charge in [0.2, 0.25) is 0 Å². The zero-order valence-corrected chi connectivity index (χ0v) is 12.9. The van der Waals surface area contributed by atoms with E-state index in [4.69, 9.17) is 5.84 Å². The summed E-state index contributed by atoms with van der Waals surface area (Å²) in [5.74, 6) is 4.89. The molecule has 3 aromatic rings. The molecule has 3 N–H and O–H groups in total. The number of halogens is 1. The van der Waals surface area contributed by atoms with Gasteiger partial charge in [-0.15, -0.1) is 11.3 Å². The first-order valence-corrected chi connectivity index (χ1v) is 7.62. The van der Waals surface area contributed by atoms with E-state index in [2.05, 4.69) is 50.3 Å². The van der Waals surface area contributed by atoms with Gasteiger partial charge in [-0.25, -0.2) is 5.84 Å². The van der Waals surface area contributed by atoms with Gasteiger partial charge in [-0.1, -0.05) is 15.9 Å². The lowest BCUT2D eigenvalue weighted by atomic mass is 10.2. The number of benzene rings is 1. The van der Waals surface area contributed by atoms with Crippen LogP contribution in [0.4, 0.5) is 0 Å². The lowest BCUT2D eigenvalue weighted by molar-refractivity contribution is 0.0957. The maximum atomic E-state index is 11.4. The van der Waals surface area contributed by atoms with Gasteiger partial charge in [0.05, 0.1) is 11.4 Å². The molecule has 20 heavy (non-hydrogen) atoms. The number of hydrogen-bond donors (Lipinski definition) is 2. The van der Waals surface area contributed by atoms with E-state index in [-0.39, 0.29) is 5.91 Å². The molecule has 0 aliphatic carbocycles. The maximum absolute atomic E-state index is 11.4. The van der Waals surface area contributed by atoms with Gasteiger partial charge in [0, 0.05) is 26.4 Å². The molecule has 0 spiro atoms. The van der Waals surface area contributed by atoms with E-state index in [1.165, 1.54) is 22.2 Å².